The maximum Gasteiger partial charge on any atom is 0.475 e. The van der Waals surface area contributed by atoms with Gasteiger partial charge in [-0.2, -0.15) is 13.2 Å². The van der Waals surface area contributed by atoms with Gasteiger partial charge < -0.3 is 5.32 Å². The van der Waals surface area contributed by atoms with E-state index in [-0.39, 0.29) is 5.56 Å². The van der Waals surface area contributed by atoms with Crippen molar-refractivity contribution in [3.05, 3.63) is 77.4 Å². The Kier molecular flexibility index (Phi) is 5.81. The second kappa shape index (κ2) is 8.12. The van der Waals surface area contributed by atoms with Gasteiger partial charge in [-0.25, -0.2) is 4.21 Å². The molecule has 0 radical (unpaired) electrons. The van der Waals surface area contributed by atoms with Crippen LogP contribution in [0.1, 0.15) is 10.4 Å². The van der Waals surface area contributed by atoms with Crippen molar-refractivity contribution < 1.29 is 22.2 Å². The molecule has 1 amide bonds. The normalized spacial score (nSPS) is 12.4. The van der Waals surface area contributed by atoms with E-state index in [0.717, 1.165) is 12.1 Å². The smallest absolute Gasteiger partial charge is 0.322 e. The maximum absolute atomic E-state index is 12.5. The molecule has 1 atom stereocenters. The zero-order valence-electron chi connectivity index (χ0n) is 14.0. The molecular weight excluding hydrogens is 413 g/mol. The Morgan fingerprint density at radius 2 is 1.75 bits per heavy atom. The Morgan fingerprint density at radius 1 is 1.04 bits per heavy atom. The fourth-order valence-electron chi connectivity index (χ4n) is 2.39. The SMILES string of the molecule is O=C(Nc1ccc(Cl)c(-c2ccccn2)c1)c1ccc(S(=O)C(F)(F)F)cc1. The van der Waals surface area contributed by atoms with Crippen molar-refractivity contribution in [2.24, 2.45) is 0 Å². The number of amides is 1. The average molecular weight is 425 g/mol. The lowest BCUT2D eigenvalue weighted by Gasteiger charge is -2.10. The minimum atomic E-state index is -4.85. The van der Waals surface area contributed by atoms with Gasteiger partial charge >= 0.3 is 5.51 Å². The minimum absolute atomic E-state index is 0.122. The van der Waals surface area contributed by atoms with Crippen molar-refractivity contribution in [3.8, 4) is 11.3 Å². The van der Waals surface area contributed by atoms with Gasteiger partial charge in [-0.15, -0.1) is 0 Å². The quantitative estimate of drug-likeness (QED) is 0.619. The first-order chi connectivity index (χ1) is 13.3. The number of nitrogens with one attached hydrogen (secondary N) is 1. The highest BCUT2D eigenvalue weighted by Crippen LogP contribution is 2.30. The topological polar surface area (TPSA) is 59.1 Å². The molecular formula is C19H12ClF3N2O2S. The van der Waals surface area contributed by atoms with Crippen LogP contribution in [0.3, 0.4) is 0 Å². The van der Waals surface area contributed by atoms with Gasteiger partial charge in [-0.3, -0.25) is 9.78 Å². The molecule has 0 aliphatic heterocycles. The number of nitrogens with zero attached hydrogens (tertiary/aromatic N) is 1. The highest BCUT2D eigenvalue weighted by Gasteiger charge is 2.37. The third-order valence-electron chi connectivity index (χ3n) is 3.71. The highest BCUT2D eigenvalue weighted by atomic mass is 35.5. The van der Waals surface area contributed by atoms with E-state index in [1.807, 2.05) is 0 Å². The summed E-state index contributed by atoms with van der Waals surface area (Å²) in [7, 11) is -3.14. The summed E-state index contributed by atoms with van der Waals surface area (Å²) in [5.74, 6) is -0.529. The number of rotatable bonds is 4. The number of aromatic nitrogens is 1. The predicted octanol–water partition coefficient (Wildman–Crippen LogP) is 5.28. The Labute approximate surface area is 165 Å². The molecule has 0 saturated heterocycles. The van der Waals surface area contributed by atoms with Crippen molar-refractivity contribution in [1.82, 2.24) is 4.98 Å². The Balaban J connectivity index is 1.79. The summed E-state index contributed by atoms with van der Waals surface area (Å²) in [4.78, 5) is 16.2. The summed E-state index contributed by atoms with van der Waals surface area (Å²) in [5.41, 5.74) is -3.04. The molecule has 3 rings (SSSR count). The van der Waals surface area contributed by atoms with Crippen LogP contribution < -0.4 is 5.32 Å². The van der Waals surface area contributed by atoms with Crippen LogP contribution in [0.15, 0.2) is 71.8 Å². The molecule has 2 aromatic carbocycles. The summed E-state index contributed by atoms with van der Waals surface area (Å²) in [6, 6.07) is 14.6. The first-order valence-electron chi connectivity index (χ1n) is 7.86. The number of hydrogen-bond donors (Lipinski definition) is 1. The molecule has 3 aromatic rings. The molecule has 0 spiro atoms. The second-order valence-electron chi connectivity index (χ2n) is 5.60. The number of pyridine rings is 1. The van der Waals surface area contributed by atoms with Crippen LogP contribution in [0.2, 0.25) is 5.02 Å². The number of halogens is 4. The zero-order valence-corrected chi connectivity index (χ0v) is 15.6. The van der Waals surface area contributed by atoms with Crippen LogP contribution in [-0.2, 0) is 10.8 Å². The van der Waals surface area contributed by atoms with Crippen molar-refractivity contribution in [2.75, 3.05) is 5.32 Å². The molecule has 0 fully saturated rings. The van der Waals surface area contributed by atoms with Gasteiger partial charge in [0.2, 0.25) is 0 Å². The molecule has 1 aromatic heterocycles. The number of carbonyl (C=O) groups excluding carboxylic acids is 1. The molecule has 1 heterocycles. The Morgan fingerprint density at radius 3 is 2.36 bits per heavy atom. The van der Waals surface area contributed by atoms with E-state index < -0.39 is 27.1 Å². The van der Waals surface area contributed by atoms with E-state index in [1.54, 1.807) is 42.6 Å². The van der Waals surface area contributed by atoms with Crippen molar-refractivity contribution in [3.63, 3.8) is 0 Å². The van der Waals surface area contributed by atoms with Crippen LogP contribution in [-0.4, -0.2) is 20.6 Å². The van der Waals surface area contributed by atoms with Crippen molar-refractivity contribution >= 4 is 34.0 Å². The van der Waals surface area contributed by atoms with Gasteiger partial charge in [0.25, 0.3) is 5.91 Å². The second-order valence-corrected chi connectivity index (χ2v) is 7.48. The van der Waals surface area contributed by atoms with Crippen LogP contribution in [0.25, 0.3) is 11.3 Å². The van der Waals surface area contributed by atoms with Gasteiger partial charge in [-0.1, -0.05) is 17.7 Å². The monoisotopic (exact) mass is 424 g/mol. The minimum Gasteiger partial charge on any atom is -0.322 e. The van der Waals surface area contributed by atoms with Gasteiger partial charge in [0.05, 0.1) is 10.7 Å². The van der Waals surface area contributed by atoms with E-state index >= 15 is 0 Å². The van der Waals surface area contributed by atoms with Crippen molar-refractivity contribution in [2.45, 2.75) is 10.4 Å². The molecule has 1 N–H and O–H groups in total. The van der Waals surface area contributed by atoms with Crippen molar-refractivity contribution in [1.29, 1.82) is 0 Å². The van der Waals surface area contributed by atoms with E-state index in [1.165, 1.54) is 12.1 Å². The summed E-state index contributed by atoms with van der Waals surface area (Å²) < 4.78 is 48.8. The molecule has 0 aliphatic rings. The van der Waals surface area contributed by atoms with E-state index in [9.17, 15) is 22.2 Å². The van der Waals surface area contributed by atoms with E-state index in [4.69, 9.17) is 11.6 Å². The molecule has 9 heteroatoms. The zero-order chi connectivity index (χ0) is 20.3. The summed E-state index contributed by atoms with van der Waals surface area (Å²) in [5, 5.41) is 3.11. The third-order valence-corrected chi connectivity index (χ3v) is 5.16. The molecule has 144 valence electrons. The maximum atomic E-state index is 12.5. The van der Waals surface area contributed by atoms with Gasteiger partial charge in [-0.05, 0) is 54.6 Å². The highest BCUT2D eigenvalue weighted by molar-refractivity contribution is 7.86. The lowest BCUT2D eigenvalue weighted by atomic mass is 10.1. The first kappa shape index (κ1) is 20.0. The molecule has 0 aliphatic carbocycles. The lowest BCUT2D eigenvalue weighted by molar-refractivity contribution is -0.0384. The number of anilines is 1. The standard InChI is InChI=1S/C19H12ClF3N2O2S/c20-16-9-6-13(11-15(16)17-3-1-2-10-24-17)25-18(26)12-4-7-14(8-5-12)28(27)19(21,22)23/h1-11H,(H,25,26). The average Bonchev–Trinajstić information content (AvgIpc) is 2.69. The molecule has 0 saturated carbocycles. The Bertz CT molecular complexity index is 1030. The van der Waals surface area contributed by atoms with Gasteiger partial charge in [0.15, 0.2) is 10.8 Å². The first-order valence-corrected chi connectivity index (χ1v) is 9.39. The summed E-state index contributed by atoms with van der Waals surface area (Å²) in [6.45, 7) is 0. The molecule has 28 heavy (non-hydrogen) atoms. The number of alkyl halides is 3. The number of benzene rings is 2. The van der Waals surface area contributed by atoms with Crippen LogP contribution >= 0.6 is 11.6 Å². The van der Waals surface area contributed by atoms with Crippen LogP contribution in [0.5, 0.6) is 0 Å². The predicted molar refractivity (Wildman–Crippen MR) is 102 cm³/mol. The van der Waals surface area contributed by atoms with Gasteiger partial charge in [0, 0.05) is 27.9 Å². The molecule has 0 bridgehead atoms. The van der Waals surface area contributed by atoms with Crippen LogP contribution in [0.4, 0.5) is 18.9 Å². The lowest BCUT2D eigenvalue weighted by Crippen LogP contribution is -2.16. The Hall–Kier alpha value is -2.71. The largest absolute Gasteiger partial charge is 0.475 e. The molecule has 4 nitrogen and oxygen atoms in total. The fraction of sp³-hybridized carbons (Fsp3) is 0.0526. The number of carbonyl (C=O) groups is 1. The summed E-state index contributed by atoms with van der Waals surface area (Å²) >= 11 is 6.19. The third kappa shape index (κ3) is 4.58. The van der Waals surface area contributed by atoms with Crippen LogP contribution in [0, 0.1) is 0 Å². The fourth-order valence-corrected chi connectivity index (χ4v) is 3.25. The summed E-state index contributed by atoms with van der Waals surface area (Å²) in [6.07, 6.45) is 1.61. The van der Waals surface area contributed by atoms with Gasteiger partial charge in [0.1, 0.15) is 0 Å². The molecule has 1 unspecified atom stereocenters. The number of hydrogen-bond acceptors (Lipinski definition) is 3. The van der Waals surface area contributed by atoms with E-state index in [0.29, 0.717) is 22.0 Å². The van der Waals surface area contributed by atoms with E-state index in [2.05, 4.69) is 10.3 Å².